The zero-order valence-electron chi connectivity index (χ0n) is 13.6. The quantitative estimate of drug-likeness (QED) is 0.875. The summed E-state index contributed by atoms with van der Waals surface area (Å²) in [5.41, 5.74) is 1.43. The minimum Gasteiger partial charge on any atom is -0.465 e. The first-order chi connectivity index (χ1) is 11.7. The highest BCUT2D eigenvalue weighted by Crippen LogP contribution is 2.19. The lowest BCUT2D eigenvalue weighted by Gasteiger charge is -2.26. The van der Waals surface area contributed by atoms with Crippen molar-refractivity contribution >= 4 is 22.8 Å². The van der Waals surface area contributed by atoms with Crippen LogP contribution in [0.1, 0.15) is 15.9 Å². The van der Waals surface area contributed by atoms with Crippen LogP contribution in [0.3, 0.4) is 0 Å². The molecule has 1 heterocycles. The molecule has 0 radical (unpaired) electrons. The van der Waals surface area contributed by atoms with Crippen LogP contribution in [0.25, 0.3) is 10.8 Å². The van der Waals surface area contributed by atoms with E-state index in [0.29, 0.717) is 18.7 Å². The Hall–Kier alpha value is -2.60. The van der Waals surface area contributed by atoms with Gasteiger partial charge >= 0.3 is 12.1 Å². The first-order valence-electron chi connectivity index (χ1n) is 7.91. The normalized spacial score (nSPS) is 14.5. The molecule has 126 valence electrons. The molecule has 1 aliphatic heterocycles. The van der Waals surface area contributed by atoms with Crippen LogP contribution < -0.4 is 5.32 Å². The molecule has 2 aromatic rings. The van der Waals surface area contributed by atoms with Gasteiger partial charge in [0.15, 0.2) is 0 Å². The van der Waals surface area contributed by atoms with Crippen molar-refractivity contribution in [2.75, 3.05) is 33.3 Å². The van der Waals surface area contributed by atoms with Crippen molar-refractivity contribution in [2.24, 2.45) is 0 Å². The Morgan fingerprint density at radius 1 is 1.08 bits per heavy atom. The third kappa shape index (κ3) is 3.65. The Bertz CT molecular complexity index is 754. The van der Waals surface area contributed by atoms with E-state index in [0.717, 1.165) is 29.4 Å². The Labute approximate surface area is 140 Å². The number of carbonyl (C=O) groups excluding carboxylic acids is 2. The van der Waals surface area contributed by atoms with Crippen molar-refractivity contribution in [1.82, 2.24) is 10.2 Å². The predicted octanol–water partition coefficient (Wildman–Crippen LogP) is 2.17. The maximum Gasteiger partial charge on any atom is 0.410 e. The zero-order valence-corrected chi connectivity index (χ0v) is 13.6. The number of nitrogens with zero attached hydrogens (tertiary/aromatic N) is 1. The van der Waals surface area contributed by atoms with Gasteiger partial charge in [-0.25, -0.2) is 9.59 Å². The molecule has 0 bridgehead atoms. The number of piperazine rings is 1. The maximum absolute atomic E-state index is 12.0. The van der Waals surface area contributed by atoms with Crippen molar-refractivity contribution < 1.29 is 19.1 Å². The Kier molecular flexibility index (Phi) is 4.96. The lowest BCUT2D eigenvalue weighted by molar-refractivity contribution is 0.0600. The molecule has 0 aliphatic carbocycles. The molecule has 3 rings (SSSR count). The number of hydrogen-bond donors (Lipinski definition) is 1. The van der Waals surface area contributed by atoms with Gasteiger partial charge in [0.25, 0.3) is 0 Å². The van der Waals surface area contributed by atoms with E-state index in [-0.39, 0.29) is 18.7 Å². The van der Waals surface area contributed by atoms with E-state index >= 15 is 0 Å². The fraction of sp³-hybridized carbons (Fsp3) is 0.333. The summed E-state index contributed by atoms with van der Waals surface area (Å²) in [5.74, 6) is -0.356. The predicted molar refractivity (Wildman–Crippen MR) is 89.9 cm³/mol. The summed E-state index contributed by atoms with van der Waals surface area (Å²) in [7, 11) is 1.36. The number of esters is 1. The summed E-state index contributed by atoms with van der Waals surface area (Å²) in [6.07, 6.45) is -0.280. The van der Waals surface area contributed by atoms with Gasteiger partial charge in [-0.1, -0.05) is 18.2 Å². The van der Waals surface area contributed by atoms with E-state index in [1.54, 1.807) is 17.0 Å². The number of nitrogens with one attached hydrogen (secondary N) is 1. The number of amides is 1. The number of rotatable bonds is 3. The highest BCUT2D eigenvalue weighted by Gasteiger charge is 2.17. The number of ether oxygens (including phenoxy) is 2. The molecule has 24 heavy (non-hydrogen) atoms. The van der Waals surface area contributed by atoms with Crippen LogP contribution >= 0.6 is 0 Å². The van der Waals surface area contributed by atoms with E-state index < -0.39 is 0 Å². The van der Waals surface area contributed by atoms with E-state index in [4.69, 9.17) is 9.47 Å². The van der Waals surface area contributed by atoms with Gasteiger partial charge < -0.3 is 19.7 Å². The molecule has 1 saturated heterocycles. The fourth-order valence-electron chi connectivity index (χ4n) is 2.71. The summed E-state index contributed by atoms with van der Waals surface area (Å²) in [4.78, 5) is 25.3. The van der Waals surface area contributed by atoms with Crippen LogP contribution in [-0.4, -0.2) is 50.3 Å². The van der Waals surface area contributed by atoms with Gasteiger partial charge in [-0.05, 0) is 34.5 Å². The number of carbonyl (C=O) groups is 2. The minimum absolute atomic E-state index is 0.234. The molecule has 0 aromatic heterocycles. The Balaban J connectivity index is 1.67. The van der Waals surface area contributed by atoms with E-state index in [9.17, 15) is 9.59 Å². The van der Waals surface area contributed by atoms with Gasteiger partial charge in [-0.3, -0.25) is 0 Å². The van der Waals surface area contributed by atoms with Crippen LogP contribution in [0, 0.1) is 0 Å². The monoisotopic (exact) mass is 328 g/mol. The molecular formula is C18H20N2O4. The van der Waals surface area contributed by atoms with Gasteiger partial charge in [0.2, 0.25) is 0 Å². The van der Waals surface area contributed by atoms with E-state index in [1.165, 1.54) is 7.11 Å². The smallest absolute Gasteiger partial charge is 0.410 e. The molecule has 1 fully saturated rings. The van der Waals surface area contributed by atoms with Crippen LogP contribution in [-0.2, 0) is 16.1 Å². The SMILES string of the molecule is COC(=O)c1ccc2cc(COC(=O)N3CCNCC3)ccc2c1. The fourth-order valence-corrected chi connectivity index (χ4v) is 2.71. The summed E-state index contributed by atoms with van der Waals surface area (Å²) in [5, 5.41) is 5.12. The van der Waals surface area contributed by atoms with Crippen molar-refractivity contribution in [3.8, 4) is 0 Å². The number of hydrogen-bond acceptors (Lipinski definition) is 5. The zero-order chi connectivity index (χ0) is 16.9. The van der Waals surface area contributed by atoms with Gasteiger partial charge in [0.05, 0.1) is 12.7 Å². The molecular weight excluding hydrogens is 308 g/mol. The molecule has 0 saturated carbocycles. The third-order valence-corrected chi connectivity index (χ3v) is 4.06. The van der Waals surface area contributed by atoms with Crippen LogP contribution in [0.5, 0.6) is 0 Å². The number of fused-ring (bicyclic) bond motifs is 1. The molecule has 0 atom stereocenters. The molecule has 1 aliphatic rings. The second kappa shape index (κ2) is 7.31. The second-order valence-corrected chi connectivity index (χ2v) is 5.68. The summed E-state index contributed by atoms with van der Waals surface area (Å²) >= 11 is 0. The van der Waals surface area contributed by atoms with Crippen LogP contribution in [0.4, 0.5) is 4.79 Å². The largest absolute Gasteiger partial charge is 0.465 e. The molecule has 1 N–H and O–H groups in total. The Morgan fingerprint density at radius 2 is 1.79 bits per heavy atom. The topological polar surface area (TPSA) is 67.9 Å². The molecule has 2 aromatic carbocycles. The first kappa shape index (κ1) is 16.3. The van der Waals surface area contributed by atoms with Crippen molar-refractivity contribution in [3.63, 3.8) is 0 Å². The average Bonchev–Trinajstić information content (AvgIpc) is 2.65. The number of benzene rings is 2. The summed E-state index contributed by atoms with van der Waals surface area (Å²) < 4.78 is 10.1. The maximum atomic E-state index is 12.0. The standard InChI is InChI=1S/C18H20N2O4/c1-23-17(21)16-5-4-14-10-13(2-3-15(14)11-16)12-24-18(22)20-8-6-19-7-9-20/h2-5,10-11,19H,6-9,12H2,1H3. The van der Waals surface area contributed by atoms with Gasteiger partial charge in [-0.15, -0.1) is 0 Å². The van der Waals surface area contributed by atoms with Crippen LogP contribution in [0.15, 0.2) is 36.4 Å². The average molecular weight is 328 g/mol. The molecule has 6 heteroatoms. The summed E-state index contributed by atoms with van der Waals surface area (Å²) in [6.45, 7) is 3.18. The van der Waals surface area contributed by atoms with Crippen molar-refractivity contribution in [3.05, 3.63) is 47.5 Å². The Morgan fingerprint density at radius 3 is 2.54 bits per heavy atom. The summed E-state index contributed by atoms with van der Waals surface area (Å²) in [6, 6.07) is 11.2. The van der Waals surface area contributed by atoms with E-state index in [1.807, 2.05) is 24.3 Å². The van der Waals surface area contributed by atoms with E-state index in [2.05, 4.69) is 5.32 Å². The molecule has 6 nitrogen and oxygen atoms in total. The number of methoxy groups -OCH3 is 1. The lowest BCUT2D eigenvalue weighted by Crippen LogP contribution is -2.46. The lowest BCUT2D eigenvalue weighted by atomic mass is 10.0. The highest BCUT2D eigenvalue weighted by molar-refractivity contribution is 5.95. The first-order valence-corrected chi connectivity index (χ1v) is 7.91. The van der Waals surface area contributed by atoms with Crippen molar-refractivity contribution in [1.29, 1.82) is 0 Å². The van der Waals surface area contributed by atoms with Crippen LogP contribution in [0.2, 0.25) is 0 Å². The highest BCUT2D eigenvalue weighted by atomic mass is 16.6. The molecule has 1 amide bonds. The van der Waals surface area contributed by atoms with Gasteiger partial charge in [-0.2, -0.15) is 0 Å². The minimum atomic E-state index is -0.356. The van der Waals surface area contributed by atoms with Gasteiger partial charge in [0, 0.05) is 26.2 Å². The third-order valence-electron chi connectivity index (χ3n) is 4.06. The van der Waals surface area contributed by atoms with Crippen molar-refractivity contribution in [2.45, 2.75) is 6.61 Å². The van der Waals surface area contributed by atoms with Gasteiger partial charge in [0.1, 0.15) is 6.61 Å². The second-order valence-electron chi connectivity index (χ2n) is 5.68. The molecule has 0 spiro atoms. The molecule has 0 unspecified atom stereocenters.